The number of pyridine rings is 2. The molecule has 2 saturated heterocycles. The average molecular weight is 556 g/mol. The summed E-state index contributed by atoms with van der Waals surface area (Å²) in [6, 6.07) is 5.57. The van der Waals surface area contributed by atoms with Crippen molar-refractivity contribution in [1.29, 1.82) is 0 Å². The van der Waals surface area contributed by atoms with Gasteiger partial charge >= 0.3 is 6.09 Å². The lowest BCUT2D eigenvalue weighted by Gasteiger charge is -2.48. The number of nitrogens with zero attached hydrogens (tertiary/aromatic N) is 4. The van der Waals surface area contributed by atoms with E-state index in [1.165, 1.54) is 12.5 Å². The fourth-order valence-electron chi connectivity index (χ4n) is 5.63. The summed E-state index contributed by atoms with van der Waals surface area (Å²) in [4.78, 5) is 24.3. The van der Waals surface area contributed by atoms with Gasteiger partial charge in [-0.2, -0.15) is 5.10 Å². The first-order chi connectivity index (χ1) is 18.4. The van der Waals surface area contributed by atoms with Gasteiger partial charge in [-0.25, -0.2) is 18.2 Å². The van der Waals surface area contributed by atoms with Crippen LogP contribution in [-0.2, 0) is 14.6 Å². The summed E-state index contributed by atoms with van der Waals surface area (Å²) in [6.07, 6.45) is 7.12. The zero-order valence-corrected chi connectivity index (χ0v) is 23.9. The third-order valence-electron chi connectivity index (χ3n) is 7.28. The maximum absolute atomic E-state index is 13.0. The number of amides is 1. The van der Waals surface area contributed by atoms with E-state index in [-0.39, 0.29) is 23.1 Å². The molecule has 12 heteroatoms. The van der Waals surface area contributed by atoms with Crippen LogP contribution >= 0.6 is 0 Å². The molecule has 0 radical (unpaired) electrons. The van der Waals surface area contributed by atoms with Crippen LogP contribution in [-0.4, -0.2) is 70.1 Å². The second-order valence-corrected chi connectivity index (χ2v) is 13.8. The number of aromatic nitrogens is 4. The van der Waals surface area contributed by atoms with Crippen molar-refractivity contribution in [3.05, 3.63) is 30.1 Å². The molecule has 1 amide bonds. The van der Waals surface area contributed by atoms with Gasteiger partial charge in [-0.1, -0.05) is 0 Å². The van der Waals surface area contributed by atoms with Crippen molar-refractivity contribution in [2.45, 2.75) is 82.4 Å². The van der Waals surface area contributed by atoms with Crippen molar-refractivity contribution >= 4 is 44.3 Å². The minimum Gasteiger partial charge on any atom is -0.444 e. The number of aromatic amines is 1. The van der Waals surface area contributed by atoms with Crippen LogP contribution in [0.3, 0.4) is 0 Å². The Morgan fingerprint density at radius 2 is 1.87 bits per heavy atom. The van der Waals surface area contributed by atoms with E-state index in [9.17, 15) is 13.2 Å². The predicted molar refractivity (Wildman–Crippen MR) is 150 cm³/mol. The number of sulfone groups is 1. The second-order valence-electron chi connectivity index (χ2n) is 11.8. The van der Waals surface area contributed by atoms with Crippen molar-refractivity contribution in [1.82, 2.24) is 25.1 Å². The van der Waals surface area contributed by atoms with E-state index in [1.807, 2.05) is 38.7 Å². The Balaban J connectivity index is 1.38. The average Bonchev–Trinajstić information content (AvgIpc) is 3.24. The van der Waals surface area contributed by atoms with Crippen LogP contribution in [0.4, 0.5) is 22.2 Å². The number of carbonyl (C=O) groups is 1. The summed E-state index contributed by atoms with van der Waals surface area (Å²) in [5.74, 6) is 2.06. The zero-order valence-electron chi connectivity index (χ0n) is 23.1. The van der Waals surface area contributed by atoms with E-state index < -0.39 is 15.4 Å². The van der Waals surface area contributed by atoms with Gasteiger partial charge in [0.2, 0.25) is 0 Å². The monoisotopic (exact) mass is 555 g/mol. The topological polar surface area (TPSA) is 142 Å². The van der Waals surface area contributed by atoms with Crippen LogP contribution in [0.25, 0.3) is 10.9 Å². The number of fused-ring (bicyclic) bond motifs is 3. The highest BCUT2D eigenvalue weighted by Gasteiger charge is 2.42. The van der Waals surface area contributed by atoms with E-state index in [1.54, 1.807) is 12.1 Å². The number of rotatable bonds is 6. The van der Waals surface area contributed by atoms with Gasteiger partial charge < -0.3 is 20.3 Å². The van der Waals surface area contributed by atoms with Crippen molar-refractivity contribution in [3.8, 4) is 0 Å². The standard InChI is InChI=1S/C27H37N7O4S/c1-16-9-24(33-32-16)30-23-13-22-21(12-20(15-28-22)39(5,36)37)25(31-23)29-14-17-10-18-7-6-8-19(11-17)34(18)26(35)38-27(2,3)4/h9,12-13,15,17-19H,6-8,10-11,14H2,1-5H3,(H3,29,30,31,32,33)/t17?,18-,19+. The van der Waals surface area contributed by atoms with Crippen molar-refractivity contribution in [2.24, 2.45) is 5.92 Å². The van der Waals surface area contributed by atoms with E-state index >= 15 is 0 Å². The quantitative estimate of drug-likeness (QED) is 0.391. The molecule has 3 aromatic rings. The van der Waals surface area contributed by atoms with Crippen LogP contribution in [0.15, 0.2) is 29.3 Å². The molecule has 2 fully saturated rings. The number of ether oxygens (including phenoxy) is 1. The van der Waals surface area contributed by atoms with E-state index in [4.69, 9.17) is 9.72 Å². The zero-order chi connectivity index (χ0) is 27.9. The number of nitrogens with one attached hydrogen (secondary N) is 3. The smallest absolute Gasteiger partial charge is 0.410 e. The highest BCUT2D eigenvalue weighted by atomic mass is 32.2. The maximum atomic E-state index is 13.0. The number of anilines is 3. The molecule has 3 aromatic heterocycles. The van der Waals surface area contributed by atoms with E-state index in [2.05, 4.69) is 25.8 Å². The summed E-state index contributed by atoms with van der Waals surface area (Å²) in [7, 11) is -3.44. The molecular formula is C27H37N7O4S. The molecule has 0 aliphatic carbocycles. The lowest BCUT2D eigenvalue weighted by molar-refractivity contribution is -0.0268. The molecule has 0 aromatic carbocycles. The largest absolute Gasteiger partial charge is 0.444 e. The van der Waals surface area contributed by atoms with Gasteiger partial charge in [0.1, 0.15) is 17.2 Å². The first-order valence-corrected chi connectivity index (χ1v) is 15.3. The van der Waals surface area contributed by atoms with Gasteiger partial charge in [0.25, 0.3) is 0 Å². The number of hydrogen-bond acceptors (Lipinski definition) is 9. The summed E-state index contributed by atoms with van der Waals surface area (Å²) in [5.41, 5.74) is 1.00. The SMILES string of the molecule is Cc1cc(Nc2cc3ncc(S(C)(=O)=O)cc3c(NCC3C[C@H]4CCC[C@@H](C3)N4C(=O)OC(C)(C)C)n2)n[nH]1. The Kier molecular flexibility index (Phi) is 7.17. The molecule has 5 rings (SSSR count). The fraction of sp³-hybridized carbons (Fsp3) is 0.556. The van der Waals surface area contributed by atoms with Gasteiger partial charge in [0, 0.05) is 54.3 Å². The fourth-order valence-corrected chi connectivity index (χ4v) is 6.21. The first kappa shape index (κ1) is 27.2. The van der Waals surface area contributed by atoms with Crippen LogP contribution in [0.1, 0.15) is 58.6 Å². The third kappa shape index (κ3) is 6.26. The number of H-pyrrole nitrogens is 1. The maximum Gasteiger partial charge on any atom is 0.410 e. The molecule has 0 spiro atoms. The third-order valence-corrected chi connectivity index (χ3v) is 8.36. The molecule has 5 heterocycles. The van der Waals surface area contributed by atoms with Crippen molar-refractivity contribution in [3.63, 3.8) is 0 Å². The molecule has 39 heavy (non-hydrogen) atoms. The second kappa shape index (κ2) is 10.3. The Bertz CT molecular complexity index is 1470. The molecular weight excluding hydrogens is 518 g/mol. The van der Waals surface area contributed by atoms with Crippen LogP contribution in [0, 0.1) is 12.8 Å². The molecule has 3 N–H and O–H groups in total. The summed E-state index contributed by atoms with van der Waals surface area (Å²) < 4.78 is 30.2. The first-order valence-electron chi connectivity index (χ1n) is 13.4. The Labute approximate surface area is 229 Å². The van der Waals surface area contributed by atoms with Crippen molar-refractivity contribution < 1.29 is 17.9 Å². The molecule has 210 valence electrons. The summed E-state index contributed by atoms with van der Waals surface area (Å²) in [5, 5.41) is 14.4. The van der Waals surface area contributed by atoms with Gasteiger partial charge in [0.05, 0.1) is 10.4 Å². The molecule has 2 bridgehead atoms. The van der Waals surface area contributed by atoms with Gasteiger partial charge in [-0.3, -0.25) is 10.1 Å². The van der Waals surface area contributed by atoms with Gasteiger partial charge in [-0.05, 0) is 71.8 Å². The number of carbonyl (C=O) groups excluding carboxylic acids is 1. The molecule has 2 aliphatic heterocycles. The van der Waals surface area contributed by atoms with Crippen LogP contribution in [0.5, 0.6) is 0 Å². The predicted octanol–water partition coefficient (Wildman–Crippen LogP) is 4.79. The van der Waals surface area contributed by atoms with Crippen LogP contribution in [0.2, 0.25) is 0 Å². The molecule has 11 nitrogen and oxygen atoms in total. The molecule has 1 unspecified atom stereocenters. The minimum atomic E-state index is -3.44. The molecule has 3 atom stereocenters. The highest BCUT2D eigenvalue weighted by molar-refractivity contribution is 7.90. The highest BCUT2D eigenvalue weighted by Crippen LogP contribution is 2.38. The summed E-state index contributed by atoms with van der Waals surface area (Å²) >= 11 is 0. The van der Waals surface area contributed by atoms with Gasteiger partial charge in [-0.15, -0.1) is 0 Å². The minimum absolute atomic E-state index is 0.142. The van der Waals surface area contributed by atoms with Crippen molar-refractivity contribution in [2.75, 3.05) is 23.4 Å². The van der Waals surface area contributed by atoms with E-state index in [0.29, 0.717) is 40.8 Å². The van der Waals surface area contributed by atoms with Gasteiger partial charge in [0.15, 0.2) is 15.7 Å². The Hall–Kier alpha value is -3.41. The lowest BCUT2D eigenvalue weighted by atomic mass is 9.78. The number of hydrogen-bond donors (Lipinski definition) is 3. The molecule has 0 saturated carbocycles. The Morgan fingerprint density at radius 1 is 1.15 bits per heavy atom. The van der Waals surface area contributed by atoms with E-state index in [0.717, 1.165) is 37.8 Å². The molecule has 2 aliphatic rings. The number of piperidine rings is 2. The lowest BCUT2D eigenvalue weighted by Crippen LogP contribution is -2.56. The van der Waals surface area contributed by atoms with Crippen LogP contribution < -0.4 is 10.6 Å². The Morgan fingerprint density at radius 3 is 2.49 bits per heavy atom. The number of aryl methyl sites for hydroxylation is 1. The normalized spacial score (nSPS) is 21.6. The summed E-state index contributed by atoms with van der Waals surface area (Å²) in [6.45, 7) is 8.25.